The minimum absolute atomic E-state index is 0.0504. The monoisotopic (exact) mass is 552 g/mol. The van der Waals surface area contributed by atoms with E-state index in [-0.39, 0.29) is 11.8 Å². The summed E-state index contributed by atoms with van der Waals surface area (Å²) in [6.45, 7) is 8.17. The van der Waals surface area contributed by atoms with Crippen LogP contribution in [0.15, 0.2) is 44.8 Å². The van der Waals surface area contributed by atoms with Crippen molar-refractivity contribution in [3.63, 3.8) is 0 Å². The van der Waals surface area contributed by atoms with E-state index < -0.39 is 10.0 Å². The van der Waals surface area contributed by atoms with Gasteiger partial charge in [0.15, 0.2) is 5.13 Å². The van der Waals surface area contributed by atoms with E-state index >= 15 is 0 Å². The molecule has 35 heavy (non-hydrogen) atoms. The number of aromatic nitrogens is 1. The Hall–Kier alpha value is -1.50. The number of hydrogen-bond donors (Lipinski definition) is 0. The van der Waals surface area contributed by atoms with Crippen molar-refractivity contribution in [1.29, 1.82) is 0 Å². The van der Waals surface area contributed by atoms with E-state index in [1.54, 1.807) is 40.6 Å². The maximum Gasteiger partial charge on any atom is 0.252 e. The molecule has 1 aliphatic rings. The van der Waals surface area contributed by atoms with Crippen LogP contribution in [-0.4, -0.2) is 74.0 Å². The van der Waals surface area contributed by atoms with Gasteiger partial charge in [0.1, 0.15) is 4.21 Å². The number of benzene rings is 1. The van der Waals surface area contributed by atoms with Crippen LogP contribution in [0.2, 0.25) is 0 Å². The first-order chi connectivity index (χ1) is 16.9. The van der Waals surface area contributed by atoms with E-state index in [0.717, 1.165) is 35.0 Å². The van der Waals surface area contributed by atoms with Gasteiger partial charge in [0.25, 0.3) is 10.0 Å². The molecular formula is C24H32N4O3S4. The molecule has 1 amide bonds. The van der Waals surface area contributed by atoms with Crippen LogP contribution in [0.3, 0.4) is 0 Å². The number of nitrogens with zero attached hydrogens (tertiary/aromatic N) is 4. The standard InChI is InChI=1S/C24H32N4O3S4/c1-4-26(5-2)14-15-28(24-25-20-9-8-19(32-3)17-21(20)34-24)23(29)18-10-12-27(13-11-18)35(30,31)22-7-6-16-33-22/h6-9,16-18H,4-5,10-15H2,1-3H3. The quantitative estimate of drug-likeness (QED) is 0.335. The Bertz CT molecular complexity index is 1230. The highest BCUT2D eigenvalue weighted by atomic mass is 32.2. The summed E-state index contributed by atoms with van der Waals surface area (Å²) in [7, 11) is -3.48. The number of carbonyl (C=O) groups is 1. The number of hydrogen-bond acceptors (Lipinski definition) is 8. The number of thiophene rings is 1. The van der Waals surface area contributed by atoms with Gasteiger partial charge in [-0.05, 0) is 61.8 Å². The molecule has 1 saturated heterocycles. The molecule has 0 spiro atoms. The van der Waals surface area contributed by atoms with E-state index in [9.17, 15) is 13.2 Å². The zero-order valence-electron chi connectivity index (χ0n) is 20.3. The molecule has 4 rings (SSSR count). The second-order valence-electron chi connectivity index (χ2n) is 8.46. The van der Waals surface area contributed by atoms with Crippen LogP contribution >= 0.6 is 34.4 Å². The maximum atomic E-state index is 13.8. The Morgan fingerprint density at radius 3 is 2.54 bits per heavy atom. The number of piperidine rings is 1. The molecule has 3 aromatic rings. The molecule has 2 aromatic heterocycles. The predicted molar refractivity (Wildman–Crippen MR) is 147 cm³/mol. The van der Waals surface area contributed by atoms with Crippen LogP contribution in [0, 0.1) is 5.92 Å². The summed E-state index contributed by atoms with van der Waals surface area (Å²) in [6.07, 6.45) is 3.09. The van der Waals surface area contributed by atoms with Crippen LogP contribution < -0.4 is 4.90 Å². The average molecular weight is 553 g/mol. The van der Waals surface area contributed by atoms with Crippen LogP contribution in [0.4, 0.5) is 5.13 Å². The lowest BCUT2D eigenvalue weighted by molar-refractivity contribution is -0.123. The Labute approximate surface area is 220 Å². The Kier molecular flexibility index (Phi) is 8.88. The van der Waals surface area contributed by atoms with Crippen molar-refractivity contribution in [2.75, 3.05) is 50.4 Å². The molecule has 190 valence electrons. The zero-order valence-corrected chi connectivity index (χ0v) is 23.6. The third-order valence-electron chi connectivity index (χ3n) is 6.51. The number of likely N-dealkylation sites (N-methyl/N-ethyl adjacent to an activating group) is 1. The summed E-state index contributed by atoms with van der Waals surface area (Å²) >= 11 is 4.48. The third-order valence-corrected chi connectivity index (χ3v) is 11.5. The van der Waals surface area contributed by atoms with Gasteiger partial charge in [-0.1, -0.05) is 31.3 Å². The summed E-state index contributed by atoms with van der Waals surface area (Å²) in [5.74, 6) is -0.162. The number of sulfonamides is 1. The number of carbonyl (C=O) groups excluding carboxylic acids is 1. The van der Waals surface area contributed by atoms with Gasteiger partial charge < -0.3 is 4.90 Å². The fraction of sp³-hybridized carbons (Fsp3) is 0.500. The van der Waals surface area contributed by atoms with Crippen molar-refractivity contribution in [2.45, 2.75) is 35.8 Å². The van der Waals surface area contributed by atoms with Gasteiger partial charge in [-0.25, -0.2) is 13.4 Å². The Balaban J connectivity index is 1.53. The second-order valence-corrected chi connectivity index (χ2v) is 13.5. The minimum atomic E-state index is -3.48. The highest BCUT2D eigenvalue weighted by Crippen LogP contribution is 2.34. The van der Waals surface area contributed by atoms with Gasteiger partial charge in [0.05, 0.1) is 10.2 Å². The Morgan fingerprint density at radius 1 is 1.17 bits per heavy atom. The number of thioether (sulfide) groups is 1. The largest absolute Gasteiger partial charge is 0.302 e. The van der Waals surface area contributed by atoms with Crippen LogP contribution in [0.25, 0.3) is 10.2 Å². The number of rotatable bonds is 10. The predicted octanol–water partition coefficient (Wildman–Crippen LogP) is 4.86. The van der Waals surface area contributed by atoms with Crippen LogP contribution in [-0.2, 0) is 14.8 Å². The number of amides is 1. The van der Waals surface area contributed by atoms with Crippen molar-refractivity contribution < 1.29 is 13.2 Å². The molecule has 0 atom stereocenters. The van der Waals surface area contributed by atoms with Crippen molar-refractivity contribution in [3.8, 4) is 0 Å². The normalized spacial score (nSPS) is 15.8. The fourth-order valence-electron chi connectivity index (χ4n) is 4.32. The lowest BCUT2D eigenvalue weighted by Gasteiger charge is -2.33. The first-order valence-electron chi connectivity index (χ1n) is 11.9. The van der Waals surface area contributed by atoms with Gasteiger partial charge in [0.2, 0.25) is 5.91 Å². The number of thiazole rings is 1. The van der Waals surface area contributed by atoms with Crippen molar-refractivity contribution >= 4 is 65.7 Å². The minimum Gasteiger partial charge on any atom is -0.302 e. The molecule has 11 heteroatoms. The Morgan fingerprint density at radius 2 is 1.91 bits per heavy atom. The highest BCUT2D eigenvalue weighted by Gasteiger charge is 2.35. The van der Waals surface area contributed by atoms with E-state index in [0.29, 0.717) is 36.7 Å². The molecule has 0 bridgehead atoms. The smallest absolute Gasteiger partial charge is 0.252 e. The number of fused-ring (bicyclic) bond motifs is 1. The van der Waals surface area contributed by atoms with Gasteiger partial charge in [-0.2, -0.15) is 4.31 Å². The van der Waals surface area contributed by atoms with E-state index in [2.05, 4.69) is 30.9 Å². The lowest BCUT2D eigenvalue weighted by atomic mass is 9.96. The van der Waals surface area contributed by atoms with Crippen molar-refractivity contribution in [2.24, 2.45) is 5.92 Å². The topological polar surface area (TPSA) is 73.8 Å². The van der Waals surface area contributed by atoms with E-state index in [4.69, 9.17) is 4.98 Å². The molecular weight excluding hydrogens is 521 g/mol. The van der Waals surface area contributed by atoms with E-state index in [1.165, 1.54) is 20.5 Å². The molecule has 0 radical (unpaired) electrons. The average Bonchev–Trinajstić information content (AvgIpc) is 3.57. The van der Waals surface area contributed by atoms with Crippen molar-refractivity contribution in [1.82, 2.24) is 14.2 Å². The van der Waals surface area contributed by atoms with Crippen LogP contribution in [0.1, 0.15) is 26.7 Å². The summed E-state index contributed by atoms with van der Waals surface area (Å²) in [6, 6.07) is 9.59. The molecule has 1 aliphatic heterocycles. The number of anilines is 1. The third kappa shape index (κ3) is 5.91. The summed E-state index contributed by atoms with van der Waals surface area (Å²) in [5.41, 5.74) is 0.903. The summed E-state index contributed by atoms with van der Waals surface area (Å²) in [4.78, 5) is 23.9. The molecule has 1 aromatic carbocycles. The second kappa shape index (κ2) is 11.7. The van der Waals surface area contributed by atoms with Gasteiger partial charge >= 0.3 is 0 Å². The molecule has 1 fully saturated rings. The molecule has 0 aliphatic carbocycles. The molecule has 0 saturated carbocycles. The zero-order chi connectivity index (χ0) is 25.0. The van der Waals surface area contributed by atoms with Crippen LogP contribution in [0.5, 0.6) is 0 Å². The maximum absolute atomic E-state index is 13.8. The summed E-state index contributed by atoms with van der Waals surface area (Å²) < 4.78 is 28.8. The van der Waals surface area contributed by atoms with Gasteiger partial charge in [-0.3, -0.25) is 9.69 Å². The SMILES string of the molecule is CCN(CC)CCN(C(=O)C1CCN(S(=O)(=O)c2cccs2)CC1)c1nc2ccc(SC)cc2s1. The van der Waals surface area contributed by atoms with E-state index in [1.807, 2.05) is 17.2 Å². The summed E-state index contributed by atoms with van der Waals surface area (Å²) in [5, 5.41) is 2.50. The first kappa shape index (κ1) is 26.6. The molecule has 0 unspecified atom stereocenters. The van der Waals surface area contributed by atoms with Gasteiger partial charge in [0, 0.05) is 37.0 Å². The highest BCUT2D eigenvalue weighted by molar-refractivity contribution is 7.98. The molecule has 3 heterocycles. The molecule has 0 N–H and O–H groups in total. The molecule has 7 nitrogen and oxygen atoms in total. The van der Waals surface area contributed by atoms with Gasteiger partial charge in [-0.15, -0.1) is 23.1 Å². The lowest BCUT2D eigenvalue weighted by Crippen LogP contribution is -2.46. The van der Waals surface area contributed by atoms with Crippen molar-refractivity contribution in [3.05, 3.63) is 35.7 Å². The first-order valence-corrected chi connectivity index (χ1v) is 16.3. The fourth-order valence-corrected chi connectivity index (χ4v) is 8.48.